The third-order valence-electron chi connectivity index (χ3n) is 5.03. The third kappa shape index (κ3) is 3.63. The van der Waals surface area contributed by atoms with Gasteiger partial charge >= 0.3 is 6.18 Å². The molecule has 0 radical (unpaired) electrons. The van der Waals surface area contributed by atoms with Crippen LogP contribution in [0, 0.1) is 0 Å². The molecule has 5 rings (SSSR count). The number of hydrogen-bond donors (Lipinski definition) is 2. The van der Waals surface area contributed by atoms with Gasteiger partial charge in [-0.25, -0.2) is 4.68 Å². The minimum absolute atomic E-state index is 0.0853. The molecule has 7 nitrogen and oxygen atoms in total. The highest BCUT2D eigenvalue weighted by Gasteiger charge is 2.48. The SMILES string of the molecule is O=C(Nc1ccc2c(c1)OCO2)c1nn2c(c1Br)N[C@H](c1cccs1)C[C@@H]2C(F)(F)F. The Morgan fingerprint density at radius 2 is 2.10 bits per heavy atom. The summed E-state index contributed by atoms with van der Waals surface area (Å²) >= 11 is 4.64. The van der Waals surface area contributed by atoms with Crippen LogP contribution in [0.15, 0.2) is 40.2 Å². The molecule has 3 aromatic rings. The molecule has 162 valence electrons. The fourth-order valence-electron chi connectivity index (χ4n) is 3.58. The molecule has 0 saturated carbocycles. The number of thiophene rings is 1. The molecule has 0 bridgehead atoms. The van der Waals surface area contributed by atoms with E-state index in [4.69, 9.17) is 9.47 Å². The predicted octanol–water partition coefficient (Wildman–Crippen LogP) is 5.35. The Labute approximate surface area is 186 Å². The first-order chi connectivity index (χ1) is 14.8. The molecule has 0 aliphatic carbocycles. The lowest BCUT2D eigenvalue weighted by atomic mass is 10.0. The Kier molecular flexibility index (Phi) is 4.85. The van der Waals surface area contributed by atoms with Crippen molar-refractivity contribution in [2.24, 2.45) is 0 Å². The molecule has 2 aliphatic rings. The van der Waals surface area contributed by atoms with Gasteiger partial charge < -0.3 is 20.1 Å². The van der Waals surface area contributed by atoms with Gasteiger partial charge in [-0.2, -0.15) is 18.3 Å². The predicted molar refractivity (Wildman–Crippen MR) is 111 cm³/mol. The van der Waals surface area contributed by atoms with E-state index in [1.54, 1.807) is 30.3 Å². The lowest BCUT2D eigenvalue weighted by Crippen LogP contribution is -2.35. The first-order valence-corrected chi connectivity index (χ1v) is 10.8. The van der Waals surface area contributed by atoms with Crippen LogP contribution in [0.25, 0.3) is 0 Å². The monoisotopic (exact) mass is 514 g/mol. The maximum absolute atomic E-state index is 13.8. The average molecular weight is 515 g/mol. The molecule has 0 fully saturated rings. The van der Waals surface area contributed by atoms with Crippen LogP contribution in [0.4, 0.5) is 24.7 Å². The Balaban J connectivity index is 1.47. The molecule has 0 unspecified atom stereocenters. The summed E-state index contributed by atoms with van der Waals surface area (Å²) in [5.41, 5.74) is 0.255. The highest BCUT2D eigenvalue weighted by atomic mass is 79.9. The van der Waals surface area contributed by atoms with Gasteiger partial charge in [0.05, 0.1) is 10.5 Å². The van der Waals surface area contributed by atoms with E-state index in [1.165, 1.54) is 11.3 Å². The van der Waals surface area contributed by atoms with Gasteiger partial charge in [-0.1, -0.05) is 6.07 Å². The van der Waals surface area contributed by atoms with Gasteiger partial charge in [-0.05, 0) is 39.5 Å². The Hall–Kier alpha value is -2.73. The third-order valence-corrected chi connectivity index (χ3v) is 6.76. The molecule has 0 spiro atoms. The molecule has 1 aromatic carbocycles. The van der Waals surface area contributed by atoms with Gasteiger partial charge in [-0.15, -0.1) is 11.3 Å². The van der Waals surface area contributed by atoms with Crippen LogP contribution in [-0.2, 0) is 0 Å². The number of halogens is 4. The van der Waals surface area contributed by atoms with E-state index in [9.17, 15) is 18.0 Å². The van der Waals surface area contributed by atoms with Crippen molar-refractivity contribution >= 4 is 44.7 Å². The summed E-state index contributed by atoms with van der Waals surface area (Å²) in [5, 5.41) is 11.5. The van der Waals surface area contributed by atoms with Crippen molar-refractivity contribution in [1.29, 1.82) is 0 Å². The highest BCUT2D eigenvalue weighted by molar-refractivity contribution is 9.10. The number of ether oxygens (including phenoxy) is 2. The largest absolute Gasteiger partial charge is 0.454 e. The molecule has 2 aliphatic heterocycles. The quantitative estimate of drug-likeness (QED) is 0.492. The number of carbonyl (C=O) groups excluding carboxylic acids is 1. The number of aromatic nitrogens is 2. The van der Waals surface area contributed by atoms with Crippen molar-refractivity contribution < 1.29 is 27.4 Å². The number of benzene rings is 1. The van der Waals surface area contributed by atoms with Crippen LogP contribution >= 0.6 is 27.3 Å². The normalized spacial score (nSPS) is 19.6. The Morgan fingerprint density at radius 3 is 2.84 bits per heavy atom. The van der Waals surface area contributed by atoms with E-state index in [-0.39, 0.29) is 29.2 Å². The van der Waals surface area contributed by atoms with Crippen molar-refractivity contribution in [2.45, 2.75) is 24.7 Å². The smallest absolute Gasteiger partial charge is 0.410 e. The molecule has 1 amide bonds. The van der Waals surface area contributed by atoms with Crippen LogP contribution in [-0.4, -0.2) is 28.7 Å². The molecule has 2 atom stereocenters. The topological polar surface area (TPSA) is 77.4 Å². The van der Waals surface area contributed by atoms with Crippen molar-refractivity contribution in [3.8, 4) is 11.5 Å². The summed E-state index contributed by atoms with van der Waals surface area (Å²) in [6, 6.07) is 5.99. The fraction of sp³-hybridized carbons (Fsp3) is 0.263. The molecule has 4 heterocycles. The standard InChI is InChI=1S/C19H14BrF3N4O3S/c20-15-16(18(28)24-9-3-4-11-12(6-9)30-8-29-11)26-27-14(19(21,22)23)7-10(25-17(15)27)13-2-1-5-31-13/h1-6,10,14,25H,7-8H2,(H,24,28)/t10-,14+/m0/s1. The lowest BCUT2D eigenvalue weighted by molar-refractivity contribution is -0.173. The zero-order valence-electron chi connectivity index (χ0n) is 15.6. The number of fused-ring (bicyclic) bond motifs is 2. The second kappa shape index (κ2) is 7.45. The minimum Gasteiger partial charge on any atom is -0.454 e. The van der Waals surface area contributed by atoms with Crippen LogP contribution in [0.2, 0.25) is 0 Å². The number of carbonyl (C=O) groups is 1. The summed E-state index contributed by atoms with van der Waals surface area (Å²) in [6.07, 6.45) is -4.75. The number of amides is 1. The Morgan fingerprint density at radius 1 is 1.29 bits per heavy atom. The van der Waals surface area contributed by atoms with E-state index < -0.39 is 24.2 Å². The van der Waals surface area contributed by atoms with Crippen molar-refractivity contribution in [3.05, 3.63) is 50.8 Å². The first kappa shape index (κ1) is 20.2. The van der Waals surface area contributed by atoms with E-state index in [2.05, 4.69) is 31.7 Å². The van der Waals surface area contributed by atoms with Gasteiger partial charge in [0.1, 0.15) is 5.82 Å². The molecular weight excluding hydrogens is 501 g/mol. The molecule has 2 N–H and O–H groups in total. The van der Waals surface area contributed by atoms with E-state index >= 15 is 0 Å². The van der Waals surface area contributed by atoms with Crippen molar-refractivity contribution in [1.82, 2.24) is 9.78 Å². The summed E-state index contributed by atoms with van der Waals surface area (Å²) < 4.78 is 53.0. The van der Waals surface area contributed by atoms with E-state index in [1.807, 2.05) is 5.38 Å². The van der Waals surface area contributed by atoms with Crippen molar-refractivity contribution in [3.63, 3.8) is 0 Å². The van der Waals surface area contributed by atoms with Crippen LogP contribution in [0.5, 0.6) is 11.5 Å². The number of alkyl halides is 3. The molecule has 31 heavy (non-hydrogen) atoms. The van der Waals surface area contributed by atoms with Crippen LogP contribution < -0.4 is 20.1 Å². The number of anilines is 2. The fourth-order valence-corrected chi connectivity index (χ4v) is 4.92. The number of hydrogen-bond acceptors (Lipinski definition) is 6. The second-order valence-corrected chi connectivity index (χ2v) is 8.76. The van der Waals surface area contributed by atoms with Gasteiger partial charge in [0, 0.05) is 23.1 Å². The highest BCUT2D eigenvalue weighted by Crippen LogP contribution is 2.47. The summed E-state index contributed by atoms with van der Waals surface area (Å²) in [4.78, 5) is 13.6. The summed E-state index contributed by atoms with van der Waals surface area (Å²) in [6.45, 7) is 0.0853. The molecule has 2 aromatic heterocycles. The van der Waals surface area contributed by atoms with Gasteiger partial charge in [0.2, 0.25) is 6.79 Å². The molecule has 12 heteroatoms. The zero-order chi connectivity index (χ0) is 21.8. The van der Waals surface area contributed by atoms with Gasteiger partial charge in [0.25, 0.3) is 5.91 Å². The van der Waals surface area contributed by atoms with E-state index in [0.717, 1.165) is 9.56 Å². The Bertz CT molecular complexity index is 1150. The molecule has 0 saturated heterocycles. The zero-order valence-corrected chi connectivity index (χ0v) is 18.0. The van der Waals surface area contributed by atoms with Crippen molar-refractivity contribution in [2.75, 3.05) is 17.4 Å². The maximum atomic E-state index is 13.8. The van der Waals surface area contributed by atoms with Crippen LogP contribution in [0.3, 0.4) is 0 Å². The van der Waals surface area contributed by atoms with E-state index in [0.29, 0.717) is 17.2 Å². The first-order valence-electron chi connectivity index (χ1n) is 9.17. The number of nitrogens with zero attached hydrogens (tertiary/aromatic N) is 2. The lowest BCUT2D eigenvalue weighted by Gasteiger charge is -2.33. The average Bonchev–Trinajstić information content (AvgIpc) is 3.46. The van der Waals surface area contributed by atoms with Gasteiger partial charge in [-0.3, -0.25) is 4.79 Å². The number of rotatable bonds is 3. The maximum Gasteiger partial charge on any atom is 0.410 e. The summed E-state index contributed by atoms with van der Waals surface area (Å²) in [7, 11) is 0. The second-order valence-electron chi connectivity index (χ2n) is 6.98. The number of nitrogens with one attached hydrogen (secondary N) is 2. The van der Waals surface area contributed by atoms with Crippen LogP contribution in [0.1, 0.15) is 33.9 Å². The molecular formula is C19H14BrF3N4O3S. The van der Waals surface area contributed by atoms with Gasteiger partial charge in [0.15, 0.2) is 23.2 Å². The minimum atomic E-state index is -4.52. The summed E-state index contributed by atoms with van der Waals surface area (Å²) in [5.74, 6) is 0.484.